The van der Waals surface area contributed by atoms with E-state index in [4.69, 9.17) is 4.74 Å². The van der Waals surface area contributed by atoms with Crippen molar-refractivity contribution in [2.75, 3.05) is 0 Å². The predicted octanol–water partition coefficient (Wildman–Crippen LogP) is 4.14. The number of aryl methyl sites for hydroxylation is 1. The first-order chi connectivity index (χ1) is 7.74. The molecular weight excluding hydrogens is 196 g/mol. The van der Waals surface area contributed by atoms with Gasteiger partial charge >= 0.3 is 0 Å². The molecular formula is C15H18O. The minimum atomic E-state index is 0.680. The molecule has 0 aromatic heterocycles. The molecule has 0 fully saturated rings. The quantitative estimate of drug-likeness (QED) is 0.735. The average molecular weight is 214 g/mol. The molecule has 1 aromatic carbocycles. The number of hydrogen-bond donors (Lipinski definition) is 0. The molecule has 1 nitrogen and oxygen atoms in total. The van der Waals surface area contributed by atoms with E-state index in [1.165, 1.54) is 16.7 Å². The van der Waals surface area contributed by atoms with Gasteiger partial charge < -0.3 is 4.74 Å². The van der Waals surface area contributed by atoms with Gasteiger partial charge in [0, 0.05) is 6.42 Å². The lowest BCUT2D eigenvalue weighted by atomic mass is 10.1. The molecule has 84 valence electrons. The second-order valence-electron chi connectivity index (χ2n) is 4.42. The van der Waals surface area contributed by atoms with Crippen LogP contribution in [0.1, 0.15) is 30.9 Å². The zero-order valence-electron chi connectivity index (χ0n) is 9.99. The molecule has 16 heavy (non-hydrogen) atoms. The molecule has 0 heterocycles. The molecule has 1 aromatic rings. The summed E-state index contributed by atoms with van der Waals surface area (Å²) in [6.45, 7) is 4.94. The van der Waals surface area contributed by atoms with Gasteiger partial charge in [0.05, 0.1) is 5.76 Å². The van der Waals surface area contributed by atoms with Gasteiger partial charge in [0.2, 0.25) is 0 Å². The van der Waals surface area contributed by atoms with Crippen molar-refractivity contribution in [2.45, 2.75) is 33.3 Å². The van der Waals surface area contributed by atoms with Crippen LogP contribution in [0.5, 0.6) is 0 Å². The van der Waals surface area contributed by atoms with E-state index in [0.29, 0.717) is 6.61 Å². The van der Waals surface area contributed by atoms with Gasteiger partial charge in [-0.15, -0.1) is 0 Å². The maximum atomic E-state index is 5.77. The van der Waals surface area contributed by atoms with Gasteiger partial charge in [0.1, 0.15) is 6.61 Å². The Morgan fingerprint density at radius 3 is 2.38 bits per heavy atom. The van der Waals surface area contributed by atoms with E-state index in [1.54, 1.807) is 0 Å². The Hall–Kier alpha value is -1.50. The maximum Gasteiger partial charge on any atom is 0.113 e. The van der Waals surface area contributed by atoms with Gasteiger partial charge in [0.25, 0.3) is 0 Å². The van der Waals surface area contributed by atoms with Gasteiger partial charge in [0.15, 0.2) is 0 Å². The van der Waals surface area contributed by atoms with E-state index in [2.05, 4.69) is 50.3 Å². The molecule has 0 unspecified atom stereocenters. The van der Waals surface area contributed by atoms with Gasteiger partial charge in [-0.1, -0.05) is 41.5 Å². The minimum Gasteiger partial charge on any atom is -0.493 e. The molecule has 0 N–H and O–H groups in total. The molecule has 0 radical (unpaired) electrons. The summed E-state index contributed by atoms with van der Waals surface area (Å²) in [6.07, 6.45) is 6.40. The van der Waals surface area contributed by atoms with Crippen LogP contribution >= 0.6 is 0 Å². The maximum absolute atomic E-state index is 5.77. The fourth-order valence-electron chi connectivity index (χ4n) is 1.70. The van der Waals surface area contributed by atoms with Gasteiger partial charge in [-0.05, 0) is 31.9 Å². The molecule has 2 rings (SSSR count). The van der Waals surface area contributed by atoms with Crippen molar-refractivity contribution in [2.24, 2.45) is 0 Å². The monoisotopic (exact) mass is 214 g/mol. The van der Waals surface area contributed by atoms with Gasteiger partial charge in [-0.2, -0.15) is 0 Å². The second-order valence-corrected chi connectivity index (χ2v) is 4.42. The SMILES string of the molecule is CC1=CC=C(OCc2ccc(C)cc2)CC1. The number of benzene rings is 1. The third-order valence-electron chi connectivity index (χ3n) is 2.86. The van der Waals surface area contributed by atoms with Crippen molar-refractivity contribution in [3.05, 3.63) is 58.9 Å². The molecule has 0 saturated heterocycles. The van der Waals surface area contributed by atoms with E-state index in [1.807, 2.05) is 0 Å². The Morgan fingerprint density at radius 2 is 1.75 bits per heavy atom. The third-order valence-corrected chi connectivity index (χ3v) is 2.86. The number of allylic oxidation sites excluding steroid dienone is 4. The van der Waals surface area contributed by atoms with Crippen LogP contribution in [0.2, 0.25) is 0 Å². The summed E-state index contributed by atoms with van der Waals surface area (Å²) in [7, 11) is 0. The molecule has 1 aliphatic carbocycles. The Morgan fingerprint density at radius 1 is 1.00 bits per heavy atom. The molecule has 0 spiro atoms. The normalized spacial score (nSPS) is 15.4. The lowest BCUT2D eigenvalue weighted by Crippen LogP contribution is -1.97. The number of ether oxygens (including phenoxy) is 1. The topological polar surface area (TPSA) is 9.23 Å². The lowest BCUT2D eigenvalue weighted by molar-refractivity contribution is 0.188. The highest BCUT2D eigenvalue weighted by molar-refractivity contribution is 5.22. The van der Waals surface area contributed by atoms with Gasteiger partial charge in [-0.25, -0.2) is 0 Å². The highest BCUT2D eigenvalue weighted by Gasteiger charge is 2.04. The van der Waals surface area contributed by atoms with Crippen molar-refractivity contribution in [3.63, 3.8) is 0 Å². The Kier molecular flexibility index (Phi) is 3.45. The van der Waals surface area contributed by atoms with Crippen LogP contribution in [0, 0.1) is 6.92 Å². The molecule has 1 heteroatoms. The Bertz CT molecular complexity index is 410. The van der Waals surface area contributed by atoms with Crippen molar-refractivity contribution in [1.82, 2.24) is 0 Å². The fraction of sp³-hybridized carbons (Fsp3) is 0.333. The molecule has 0 atom stereocenters. The Labute approximate surface area is 97.4 Å². The van der Waals surface area contributed by atoms with Crippen molar-refractivity contribution < 1.29 is 4.74 Å². The summed E-state index contributed by atoms with van der Waals surface area (Å²) < 4.78 is 5.77. The first kappa shape index (κ1) is 11.0. The van der Waals surface area contributed by atoms with E-state index in [0.717, 1.165) is 18.6 Å². The standard InChI is InChI=1S/C15H18O/c1-12-3-7-14(8-4-12)11-16-15-9-5-13(2)6-10-15/h3-5,7-9H,6,10-11H2,1-2H3. The fourth-order valence-corrected chi connectivity index (χ4v) is 1.70. The van der Waals surface area contributed by atoms with Crippen LogP contribution in [-0.2, 0) is 11.3 Å². The number of hydrogen-bond acceptors (Lipinski definition) is 1. The van der Waals surface area contributed by atoms with E-state index < -0.39 is 0 Å². The third kappa shape index (κ3) is 2.99. The van der Waals surface area contributed by atoms with E-state index >= 15 is 0 Å². The molecule has 0 aliphatic heterocycles. The Balaban J connectivity index is 1.90. The highest BCUT2D eigenvalue weighted by atomic mass is 16.5. The summed E-state index contributed by atoms with van der Waals surface area (Å²) >= 11 is 0. The van der Waals surface area contributed by atoms with Crippen LogP contribution in [0.4, 0.5) is 0 Å². The van der Waals surface area contributed by atoms with Crippen LogP contribution in [0.25, 0.3) is 0 Å². The average Bonchev–Trinajstić information content (AvgIpc) is 2.30. The summed E-state index contributed by atoms with van der Waals surface area (Å²) in [6, 6.07) is 8.50. The predicted molar refractivity (Wildman–Crippen MR) is 67.0 cm³/mol. The van der Waals surface area contributed by atoms with Crippen molar-refractivity contribution in [3.8, 4) is 0 Å². The summed E-state index contributed by atoms with van der Waals surface area (Å²) in [5.41, 5.74) is 3.96. The largest absolute Gasteiger partial charge is 0.493 e. The summed E-state index contributed by atoms with van der Waals surface area (Å²) in [5.74, 6) is 1.10. The zero-order valence-corrected chi connectivity index (χ0v) is 9.99. The highest BCUT2D eigenvalue weighted by Crippen LogP contribution is 2.19. The zero-order chi connectivity index (χ0) is 11.4. The second kappa shape index (κ2) is 5.02. The van der Waals surface area contributed by atoms with Crippen LogP contribution < -0.4 is 0 Å². The van der Waals surface area contributed by atoms with E-state index in [9.17, 15) is 0 Å². The van der Waals surface area contributed by atoms with Gasteiger partial charge in [-0.3, -0.25) is 0 Å². The minimum absolute atomic E-state index is 0.680. The summed E-state index contributed by atoms with van der Waals surface area (Å²) in [5, 5.41) is 0. The molecule has 0 amide bonds. The number of rotatable bonds is 3. The molecule has 0 bridgehead atoms. The molecule has 0 saturated carbocycles. The van der Waals surface area contributed by atoms with Crippen LogP contribution in [0.15, 0.2) is 47.7 Å². The van der Waals surface area contributed by atoms with Crippen molar-refractivity contribution >= 4 is 0 Å². The van der Waals surface area contributed by atoms with Crippen molar-refractivity contribution in [1.29, 1.82) is 0 Å². The van der Waals surface area contributed by atoms with E-state index in [-0.39, 0.29) is 0 Å². The first-order valence-corrected chi connectivity index (χ1v) is 5.79. The van der Waals surface area contributed by atoms with Crippen LogP contribution in [0.3, 0.4) is 0 Å². The van der Waals surface area contributed by atoms with Crippen LogP contribution in [-0.4, -0.2) is 0 Å². The first-order valence-electron chi connectivity index (χ1n) is 5.79. The summed E-state index contributed by atoms with van der Waals surface area (Å²) in [4.78, 5) is 0. The smallest absolute Gasteiger partial charge is 0.113 e. The lowest BCUT2D eigenvalue weighted by Gasteiger charge is -2.13. The molecule has 1 aliphatic rings.